The van der Waals surface area contributed by atoms with Crippen LogP contribution >= 0.6 is 47.3 Å². The second kappa shape index (κ2) is 10.2. The zero-order valence-electron chi connectivity index (χ0n) is 13.7. The molecule has 0 spiro atoms. The van der Waals surface area contributed by atoms with Crippen molar-refractivity contribution in [3.05, 3.63) is 53.6 Å². The number of thiocarbonyl (C=S) groups is 1. The largest absolute Gasteiger partial charge is 0.362 e. The molecule has 0 aliphatic rings. The number of halogens is 1. The first-order valence-corrected chi connectivity index (χ1v) is 10.6. The lowest BCUT2D eigenvalue weighted by Crippen LogP contribution is -2.32. The van der Waals surface area contributed by atoms with Crippen molar-refractivity contribution in [3.8, 4) is 0 Å². The average molecular weight is 397 g/mol. The zero-order valence-corrected chi connectivity index (χ0v) is 16.9. The summed E-state index contributed by atoms with van der Waals surface area (Å²) in [6, 6.07) is 16.2. The Kier molecular flexibility index (Phi) is 8.25. The fourth-order valence-corrected chi connectivity index (χ4v) is 3.68. The molecule has 0 amide bonds. The maximum Gasteiger partial charge on any atom is 0.170 e. The van der Waals surface area contributed by atoms with Crippen LogP contribution in [0.4, 0.5) is 5.69 Å². The van der Waals surface area contributed by atoms with Crippen molar-refractivity contribution in [2.75, 3.05) is 23.9 Å². The Labute approximate surface area is 163 Å². The molecular formula is C18H21ClN2S3. The minimum Gasteiger partial charge on any atom is -0.362 e. The molecule has 2 nitrogen and oxygen atoms in total. The minimum atomic E-state index is 0.503. The molecule has 6 heteroatoms. The summed E-state index contributed by atoms with van der Waals surface area (Å²) in [5.74, 6) is 1.53. The highest BCUT2D eigenvalue weighted by atomic mass is 35.5. The molecule has 2 rings (SSSR count). The molecule has 0 aliphatic carbocycles. The van der Waals surface area contributed by atoms with E-state index in [1.807, 2.05) is 36.0 Å². The first-order chi connectivity index (χ1) is 11.6. The van der Waals surface area contributed by atoms with E-state index in [0.717, 1.165) is 23.0 Å². The van der Waals surface area contributed by atoms with Gasteiger partial charge in [0.1, 0.15) is 0 Å². The van der Waals surface area contributed by atoms with E-state index in [1.54, 1.807) is 11.8 Å². The number of nitrogens with one attached hydrogen (secondary N) is 2. The number of hydrogen-bond donors (Lipinski definition) is 2. The molecule has 2 aromatic rings. The standard InChI is InChI=1S/C18H21ClN2S3/c1-13(12-24-16-8-6-14(19)7-9-16)11-20-18(22)21-15-4-3-5-17(10-15)23-2/h3-10,13H,11-12H2,1-2H3,(H2,20,21,22)/t13-/m0/s1. The summed E-state index contributed by atoms with van der Waals surface area (Å²) in [5.41, 5.74) is 1.02. The Morgan fingerprint density at radius 3 is 2.62 bits per heavy atom. The molecule has 0 radical (unpaired) electrons. The maximum absolute atomic E-state index is 5.90. The number of benzene rings is 2. The third-order valence-electron chi connectivity index (χ3n) is 3.29. The molecular weight excluding hydrogens is 376 g/mol. The van der Waals surface area contributed by atoms with Gasteiger partial charge in [0.2, 0.25) is 0 Å². The van der Waals surface area contributed by atoms with Gasteiger partial charge in [-0.3, -0.25) is 0 Å². The molecule has 0 aromatic heterocycles. The van der Waals surface area contributed by atoms with E-state index in [-0.39, 0.29) is 0 Å². The Balaban J connectivity index is 1.71. The predicted molar refractivity (Wildman–Crippen MR) is 114 cm³/mol. The SMILES string of the molecule is CSc1cccc(NC(=S)NC[C@H](C)CSc2ccc(Cl)cc2)c1. The van der Waals surface area contributed by atoms with E-state index in [1.165, 1.54) is 9.79 Å². The van der Waals surface area contributed by atoms with Crippen LogP contribution in [0.25, 0.3) is 0 Å². The second-order valence-corrected chi connectivity index (χ2v) is 8.25. The highest BCUT2D eigenvalue weighted by molar-refractivity contribution is 7.99. The summed E-state index contributed by atoms with van der Waals surface area (Å²) < 4.78 is 0. The monoisotopic (exact) mass is 396 g/mol. The van der Waals surface area contributed by atoms with Crippen LogP contribution in [-0.2, 0) is 0 Å². The molecule has 24 heavy (non-hydrogen) atoms. The van der Waals surface area contributed by atoms with Crippen LogP contribution < -0.4 is 10.6 Å². The van der Waals surface area contributed by atoms with Gasteiger partial charge in [-0.15, -0.1) is 23.5 Å². The van der Waals surface area contributed by atoms with Crippen LogP contribution in [-0.4, -0.2) is 23.7 Å². The minimum absolute atomic E-state index is 0.503. The second-order valence-electron chi connectivity index (χ2n) is 5.44. The first-order valence-electron chi connectivity index (χ1n) is 7.64. The van der Waals surface area contributed by atoms with E-state index in [2.05, 4.69) is 48.1 Å². The lowest BCUT2D eigenvalue weighted by Gasteiger charge is -2.15. The smallest absolute Gasteiger partial charge is 0.170 e. The Bertz CT molecular complexity index is 662. The van der Waals surface area contributed by atoms with E-state index >= 15 is 0 Å². The van der Waals surface area contributed by atoms with Gasteiger partial charge in [0, 0.05) is 32.8 Å². The van der Waals surface area contributed by atoms with Crippen LogP contribution in [0.3, 0.4) is 0 Å². The molecule has 0 fully saturated rings. The summed E-state index contributed by atoms with van der Waals surface area (Å²) in [4.78, 5) is 2.45. The highest BCUT2D eigenvalue weighted by Gasteiger charge is 2.05. The molecule has 0 aliphatic heterocycles. The molecule has 128 valence electrons. The van der Waals surface area contributed by atoms with Gasteiger partial charge in [-0.25, -0.2) is 0 Å². The van der Waals surface area contributed by atoms with E-state index < -0.39 is 0 Å². The third-order valence-corrected chi connectivity index (χ3v) is 5.85. The van der Waals surface area contributed by atoms with E-state index in [9.17, 15) is 0 Å². The maximum atomic E-state index is 5.90. The van der Waals surface area contributed by atoms with Gasteiger partial charge in [-0.05, 0) is 66.9 Å². The number of thioether (sulfide) groups is 2. The normalized spacial score (nSPS) is 11.8. The van der Waals surface area contributed by atoms with Crippen LogP contribution in [0.15, 0.2) is 58.3 Å². The lowest BCUT2D eigenvalue weighted by molar-refractivity contribution is 0.637. The topological polar surface area (TPSA) is 24.1 Å². The molecule has 0 saturated heterocycles. The van der Waals surface area contributed by atoms with E-state index in [0.29, 0.717) is 11.0 Å². The molecule has 0 heterocycles. The summed E-state index contributed by atoms with van der Waals surface area (Å²) in [7, 11) is 0. The Hall–Kier alpha value is -0.880. The van der Waals surface area contributed by atoms with Gasteiger partial charge in [0.05, 0.1) is 0 Å². The fraction of sp³-hybridized carbons (Fsp3) is 0.278. The van der Waals surface area contributed by atoms with Gasteiger partial charge in [-0.2, -0.15) is 0 Å². The summed E-state index contributed by atoms with van der Waals surface area (Å²) in [6.07, 6.45) is 2.07. The molecule has 2 aromatic carbocycles. The lowest BCUT2D eigenvalue weighted by atomic mass is 10.2. The third kappa shape index (κ3) is 6.93. The van der Waals surface area contributed by atoms with Crippen LogP contribution in [0, 0.1) is 5.92 Å². The van der Waals surface area contributed by atoms with Gasteiger partial charge < -0.3 is 10.6 Å². The molecule has 2 N–H and O–H groups in total. The van der Waals surface area contributed by atoms with Crippen molar-refractivity contribution in [1.29, 1.82) is 0 Å². The Morgan fingerprint density at radius 2 is 1.92 bits per heavy atom. The van der Waals surface area contributed by atoms with Gasteiger partial charge in [-0.1, -0.05) is 24.6 Å². The van der Waals surface area contributed by atoms with Crippen molar-refractivity contribution in [1.82, 2.24) is 5.32 Å². The summed E-state index contributed by atoms with van der Waals surface area (Å²) in [6.45, 7) is 3.06. The van der Waals surface area contributed by atoms with Crippen molar-refractivity contribution in [2.45, 2.75) is 16.7 Å². The number of anilines is 1. The van der Waals surface area contributed by atoms with Crippen LogP contribution in [0.1, 0.15) is 6.92 Å². The van der Waals surface area contributed by atoms with Crippen LogP contribution in [0.5, 0.6) is 0 Å². The van der Waals surface area contributed by atoms with Gasteiger partial charge in [0.25, 0.3) is 0 Å². The fourth-order valence-electron chi connectivity index (χ4n) is 1.97. The molecule has 0 unspecified atom stereocenters. The molecule has 0 bridgehead atoms. The van der Waals surface area contributed by atoms with Crippen molar-refractivity contribution < 1.29 is 0 Å². The zero-order chi connectivity index (χ0) is 17.4. The molecule has 1 atom stereocenters. The number of hydrogen-bond acceptors (Lipinski definition) is 3. The highest BCUT2D eigenvalue weighted by Crippen LogP contribution is 2.22. The molecule has 0 saturated carbocycles. The summed E-state index contributed by atoms with van der Waals surface area (Å²) in [5, 5.41) is 7.97. The number of rotatable bonds is 7. The van der Waals surface area contributed by atoms with Crippen molar-refractivity contribution in [2.24, 2.45) is 5.92 Å². The van der Waals surface area contributed by atoms with Crippen LogP contribution in [0.2, 0.25) is 5.02 Å². The predicted octanol–water partition coefficient (Wildman–Crippen LogP) is 5.78. The quantitative estimate of drug-likeness (QED) is 0.456. The van der Waals surface area contributed by atoms with Crippen molar-refractivity contribution in [3.63, 3.8) is 0 Å². The average Bonchev–Trinajstić information content (AvgIpc) is 2.59. The summed E-state index contributed by atoms with van der Waals surface area (Å²) >= 11 is 14.8. The van der Waals surface area contributed by atoms with Gasteiger partial charge in [0.15, 0.2) is 5.11 Å². The van der Waals surface area contributed by atoms with Gasteiger partial charge >= 0.3 is 0 Å². The Morgan fingerprint density at radius 1 is 1.17 bits per heavy atom. The van der Waals surface area contributed by atoms with E-state index in [4.69, 9.17) is 23.8 Å². The van der Waals surface area contributed by atoms with Crippen molar-refractivity contribution >= 4 is 58.1 Å². The first kappa shape index (κ1) is 19.4.